The summed E-state index contributed by atoms with van der Waals surface area (Å²) in [5.41, 5.74) is 0.913. The minimum atomic E-state index is -4.56. The third kappa shape index (κ3) is 8.77. The third-order valence-electron chi connectivity index (χ3n) is 5.76. The number of benzene rings is 3. The Balaban J connectivity index is 1.67. The van der Waals surface area contributed by atoms with Gasteiger partial charge in [-0.2, -0.15) is 13.2 Å². The number of ether oxygens (including phenoxy) is 2. The van der Waals surface area contributed by atoms with Crippen LogP contribution in [0, 0.1) is 0 Å². The van der Waals surface area contributed by atoms with Crippen LogP contribution in [0.1, 0.15) is 34.8 Å². The molecule has 9 heteroatoms. The van der Waals surface area contributed by atoms with Crippen LogP contribution in [-0.4, -0.2) is 42.8 Å². The number of rotatable bonds is 12. The van der Waals surface area contributed by atoms with Crippen molar-refractivity contribution in [2.45, 2.75) is 31.7 Å². The molecule has 0 radical (unpaired) electrons. The first kappa shape index (κ1) is 28.5. The number of aliphatic hydroxyl groups excluding tert-OH is 1. The number of hydrogen-bond donors (Lipinski definition) is 1. The smallest absolute Gasteiger partial charge is 0.417 e. The van der Waals surface area contributed by atoms with Crippen LogP contribution in [-0.2, 0) is 28.7 Å². The lowest BCUT2D eigenvalue weighted by Crippen LogP contribution is -2.30. The van der Waals surface area contributed by atoms with Crippen LogP contribution in [0.15, 0.2) is 72.8 Å². The van der Waals surface area contributed by atoms with Crippen molar-refractivity contribution in [1.29, 1.82) is 0 Å². The quantitative estimate of drug-likeness (QED) is 0.225. The molecule has 3 rings (SSSR count). The molecule has 37 heavy (non-hydrogen) atoms. The normalized spacial score (nSPS) is 12.4. The van der Waals surface area contributed by atoms with Crippen LogP contribution >= 0.6 is 11.6 Å². The number of methoxy groups -OCH3 is 1. The molecule has 1 atom stereocenters. The van der Waals surface area contributed by atoms with Gasteiger partial charge in [-0.15, -0.1) is 0 Å². The number of halogens is 4. The summed E-state index contributed by atoms with van der Waals surface area (Å²) in [6, 6.07) is 20.0. The third-order valence-corrected chi connectivity index (χ3v) is 6.20. The average molecular weight is 536 g/mol. The SMILES string of the molecule is COC(=O)Cc1cccc(OCCCN(Cc2cccc(C(F)(F)F)c2Cl)CC(O)c2ccccc2)c1. The van der Waals surface area contributed by atoms with E-state index in [1.165, 1.54) is 13.2 Å². The fourth-order valence-electron chi connectivity index (χ4n) is 3.88. The second-order valence-electron chi connectivity index (χ2n) is 8.54. The minimum Gasteiger partial charge on any atom is -0.494 e. The van der Waals surface area contributed by atoms with E-state index in [1.807, 2.05) is 23.1 Å². The molecule has 0 aliphatic carbocycles. The molecule has 0 aromatic heterocycles. The average Bonchev–Trinajstić information content (AvgIpc) is 2.87. The molecule has 0 heterocycles. The molecule has 1 unspecified atom stereocenters. The van der Waals surface area contributed by atoms with Gasteiger partial charge in [-0.25, -0.2) is 0 Å². The van der Waals surface area contributed by atoms with Gasteiger partial charge in [-0.1, -0.05) is 66.2 Å². The highest BCUT2D eigenvalue weighted by Crippen LogP contribution is 2.36. The maximum Gasteiger partial charge on any atom is 0.417 e. The van der Waals surface area contributed by atoms with Crippen LogP contribution in [0.4, 0.5) is 13.2 Å². The second-order valence-corrected chi connectivity index (χ2v) is 8.92. The molecule has 5 nitrogen and oxygen atoms in total. The molecule has 0 saturated heterocycles. The molecule has 0 aliphatic rings. The number of aliphatic hydroxyl groups is 1. The van der Waals surface area contributed by atoms with E-state index >= 15 is 0 Å². The second kappa shape index (κ2) is 13.5. The number of hydrogen-bond acceptors (Lipinski definition) is 5. The zero-order chi connectivity index (χ0) is 26.8. The van der Waals surface area contributed by atoms with E-state index in [2.05, 4.69) is 4.74 Å². The van der Waals surface area contributed by atoms with Gasteiger partial charge in [0.2, 0.25) is 0 Å². The highest BCUT2D eigenvalue weighted by molar-refractivity contribution is 6.32. The largest absolute Gasteiger partial charge is 0.494 e. The van der Waals surface area contributed by atoms with Gasteiger partial charge in [0.15, 0.2) is 0 Å². The zero-order valence-electron chi connectivity index (χ0n) is 20.4. The Morgan fingerprint density at radius 1 is 1.05 bits per heavy atom. The highest BCUT2D eigenvalue weighted by atomic mass is 35.5. The lowest BCUT2D eigenvalue weighted by Gasteiger charge is -2.26. The number of carbonyl (C=O) groups is 1. The Labute approximate surface area is 219 Å². The van der Waals surface area contributed by atoms with E-state index in [9.17, 15) is 23.1 Å². The molecule has 198 valence electrons. The number of carbonyl (C=O) groups excluding carboxylic acids is 1. The van der Waals surface area contributed by atoms with Crippen molar-refractivity contribution in [3.05, 3.63) is 100 Å². The van der Waals surface area contributed by atoms with Crippen molar-refractivity contribution < 1.29 is 32.5 Å². The van der Waals surface area contributed by atoms with Gasteiger partial charge < -0.3 is 14.6 Å². The van der Waals surface area contributed by atoms with E-state index in [1.54, 1.807) is 42.5 Å². The van der Waals surface area contributed by atoms with Crippen molar-refractivity contribution in [2.75, 3.05) is 26.8 Å². The Bertz CT molecular complexity index is 1160. The predicted octanol–water partition coefficient (Wildman–Crippen LogP) is 6.08. The molecule has 0 fully saturated rings. The molecular formula is C28H29ClF3NO4. The Morgan fingerprint density at radius 2 is 1.78 bits per heavy atom. The fraction of sp³-hybridized carbons (Fsp3) is 0.321. The van der Waals surface area contributed by atoms with Gasteiger partial charge in [0.1, 0.15) is 5.75 Å². The number of alkyl halides is 3. The van der Waals surface area contributed by atoms with Crippen molar-refractivity contribution in [2.24, 2.45) is 0 Å². The van der Waals surface area contributed by atoms with Gasteiger partial charge in [0.05, 0.1) is 36.8 Å². The van der Waals surface area contributed by atoms with E-state index in [4.69, 9.17) is 16.3 Å². The summed E-state index contributed by atoms with van der Waals surface area (Å²) in [6.07, 6.45) is -4.71. The predicted molar refractivity (Wildman–Crippen MR) is 135 cm³/mol. The molecule has 1 N–H and O–H groups in total. The monoisotopic (exact) mass is 535 g/mol. The number of esters is 1. The maximum absolute atomic E-state index is 13.3. The topological polar surface area (TPSA) is 59.0 Å². The Hall–Kier alpha value is -3.07. The van der Waals surface area contributed by atoms with Crippen molar-refractivity contribution >= 4 is 17.6 Å². The summed E-state index contributed by atoms with van der Waals surface area (Å²) in [5, 5.41) is 10.4. The van der Waals surface area contributed by atoms with Gasteiger partial charge in [0, 0.05) is 19.6 Å². The van der Waals surface area contributed by atoms with Crippen LogP contribution in [0.2, 0.25) is 5.02 Å². The first-order valence-electron chi connectivity index (χ1n) is 11.8. The van der Waals surface area contributed by atoms with E-state index in [0.29, 0.717) is 36.4 Å². The molecule has 0 saturated carbocycles. The van der Waals surface area contributed by atoms with E-state index in [-0.39, 0.29) is 30.5 Å². The molecule has 0 spiro atoms. The summed E-state index contributed by atoms with van der Waals surface area (Å²) in [5.74, 6) is 0.246. The lowest BCUT2D eigenvalue weighted by atomic mass is 10.1. The van der Waals surface area contributed by atoms with Crippen LogP contribution in [0.3, 0.4) is 0 Å². The molecule has 0 aliphatic heterocycles. The molecule has 3 aromatic rings. The molecule has 0 amide bonds. The van der Waals surface area contributed by atoms with Gasteiger partial charge in [0.25, 0.3) is 0 Å². The summed E-state index contributed by atoms with van der Waals surface area (Å²) >= 11 is 6.13. The van der Waals surface area contributed by atoms with Crippen LogP contribution < -0.4 is 4.74 Å². The van der Waals surface area contributed by atoms with Crippen molar-refractivity contribution in [3.8, 4) is 5.75 Å². The van der Waals surface area contributed by atoms with Gasteiger partial charge >= 0.3 is 12.1 Å². The Kier molecular flexibility index (Phi) is 10.4. The van der Waals surface area contributed by atoms with Crippen molar-refractivity contribution in [3.63, 3.8) is 0 Å². The first-order valence-corrected chi connectivity index (χ1v) is 12.1. The number of nitrogens with zero attached hydrogens (tertiary/aromatic N) is 1. The first-order chi connectivity index (χ1) is 17.7. The molecule has 0 bridgehead atoms. The van der Waals surface area contributed by atoms with Crippen molar-refractivity contribution in [1.82, 2.24) is 4.90 Å². The van der Waals surface area contributed by atoms with Gasteiger partial charge in [-0.05, 0) is 41.3 Å². The molecule has 3 aromatic carbocycles. The Morgan fingerprint density at radius 3 is 2.49 bits per heavy atom. The maximum atomic E-state index is 13.3. The van der Waals surface area contributed by atoms with Crippen LogP contribution in [0.5, 0.6) is 5.75 Å². The summed E-state index contributed by atoms with van der Waals surface area (Å²) in [6.45, 7) is 1.10. The standard InChI is InChI=1S/C28H29ClF3NO4/c1-36-26(35)17-20-8-5-12-23(16-20)37-15-7-14-33(19-25(34)21-9-3-2-4-10-21)18-22-11-6-13-24(27(22)29)28(30,31)32/h2-6,8-13,16,25,34H,7,14-15,17-19H2,1H3. The van der Waals surface area contributed by atoms with E-state index < -0.39 is 17.8 Å². The molecular weight excluding hydrogens is 507 g/mol. The van der Waals surface area contributed by atoms with Crippen LogP contribution in [0.25, 0.3) is 0 Å². The zero-order valence-corrected chi connectivity index (χ0v) is 21.1. The summed E-state index contributed by atoms with van der Waals surface area (Å²) in [7, 11) is 1.33. The van der Waals surface area contributed by atoms with E-state index in [0.717, 1.165) is 11.6 Å². The lowest BCUT2D eigenvalue weighted by molar-refractivity contribution is -0.140. The minimum absolute atomic E-state index is 0.126. The fourth-order valence-corrected chi connectivity index (χ4v) is 4.18. The summed E-state index contributed by atoms with van der Waals surface area (Å²) in [4.78, 5) is 13.4. The van der Waals surface area contributed by atoms with Gasteiger partial charge in [-0.3, -0.25) is 9.69 Å². The highest BCUT2D eigenvalue weighted by Gasteiger charge is 2.34. The summed E-state index contributed by atoms with van der Waals surface area (Å²) < 4.78 is 50.5.